The second-order valence-electron chi connectivity index (χ2n) is 8.22. The summed E-state index contributed by atoms with van der Waals surface area (Å²) < 4.78 is 17.1. The lowest BCUT2D eigenvalue weighted by atomic mass is 9.96. The average molecular weight is 408 g/mol. The minimum Gasteiger partial charge on any atom is -0.454 e. The van der Waals surface area contributed by atoms with E-state index in [2.05, 4.69) is 17.0 Å². The molecule has 2 fully saturated rings. The molecule has 5 rings (SSSR count). The average Bonchev–Trinajstić information content (AvgIpc) is 3.46. The normalized spacial score (nSPS) is 23.7. The number of fused-ring (bicyclic) bond motifs is 1. The number of hydrogen-bond donors (Lipinski definition) is 0. The highest BCUT2D eigenvalue weighted by atomic mass is 16.7. The van der Waals surface area contributed by atoms with Crippen LogP contribution >= 0.6 is 0 Å². The summed E-state index contributed by atoms with van der Waals surface area (Å²) in [5.41, 5.74) is 2.08. The van der Waals surface area contributed by atoms with Gasteiger partial charge in [0.25, 0.3) is 0 Å². The molecular weight excluding hydrogens is 380 g/mol. The quantitative estimate of drug-likeness (QED) is 0.761. The lowest BCUT2D eigenvalue weighted by Gasteiger charge is -2.43. The highest BCUT2D eigenvalue weighted by Gasteiger charge is 2.37. The smallest absolute Gasteiger partial charge is 0.231 e. The van der Waals surface area contributed by atoms with Crippen molar-refractivity contribution in [3.05, 3.63) is 59.7 Å². The van der Waals surface area contributed by atoms with Crippen LogP contribution in [0.2, 0.25) is 0 Å². The van der Waals surface area contributed by atoms with Crippen LogP contribution in [0.3, 0.4) is 0 Å². The third-order valence-corrected chi connectivity index (χ3v) is 6.24. The second-order valence-corrected chi connectivity index (χ2v) is 8.22. The molecule has 0 unspecified atom stereocenters. The highest BCUT2D eigenvalue weighted by molar-refractivity contribution is 5.79. The van der Waals surface area contributed by atoms with Gasteiger partial charge < -0.3 is 24.0 Å². The molecular formula is C24H28N2O4. The van der Waals surface area contributed by atoms with Crippen molar-refractivity contribution < 1.29 is 19.0 Å². The summed E-state index contributed by atoms with van der Waals surface area (Å²) in [5.74, 6) is 1.58. The number of likely N-dealkylation sites (tertiary alicyclic amines) is 1. The summed E-state index contributed by atoms with van der Waals surface area (Å²) in [5, 5.41) is 0. The maximum Gasteiger partial charge on any atom is 0.231 e. The van der Waals surface area contributed by atoms with Crippen LogP contribution in [0.15, 0.2) is 48.5 Å². The molecule has 30 heavy (non-hydrogen) atoms. The van der Waals surface area contributed by atoms with E-state index in [0.717, 1.165) is 36.5 Å². The molecule has 0 spiro atoms. The molecule has 1 amide bonds. The standard InChI is InChI=1S/C24H28N2O4/c27-23(15-18-8-9-20-21(14-18)30-17-29-20)26-12-13-28-22(16-25-10-4-5-11-25)24(26)19-6-2-1-3-7-19/h1-3,6-9,14,22,24H,4-5,10-13,15-17H2/t22-,24-/m0/s1. The molecule has 6 nitrogen and oxygen atoms in total. The van der Waals surface area contributed by atoms with Gasteiger partial charge in [-0.1, -0.05) is 36.4 Å². The van der Waals surface area contributed by atoms with E-state index in [-0.39, 0.29) is 24.8 Å². The summed E-state index contributed by atoms with van der Waals surface area (Å²) in [6.07, 6.45) is 2.82. The minimum atomic E-state index is -0.0675. The Morgan fingerprint density at radius 1 is 0.967 bits per heavy atom. The Labute approximate surface area is 177 Å². The van der Waals surface area contributed by atoms with E-state index in [9.17, 15) is 4.79 Å². The zero-order valence-electron chi connectivity index (χ0n) is 17.2. The Balaban J connectivity index is 1.37. The van der Waals surface area contributed by atoms with Crippen molar-refractivity contribution in [1.82, 2.24) is 9.80 Å². The monoisotopic (exact) mass is 408 g/mol. The lowest BCUT2D eigenvalue weighted by Crippen LogP contribution is -2.52. The Morgan fingerprint density at radius 2 is 1.77 bits per heavy atom. The van der Waals surface area contributed by atoms with Crippen molar-refractivity contribution in [1.29, 1.82) is 0 Å². The second kappa shape index (κ2) is 8.66. The number of amides is 1. The molecule has 0 N–H and O–H groups in total. The van der Waals surface area contributed by atoms with E-state index >= 15 is 0 Å². The van der Waals surface area contributed by atoms with E-state index in [4.69, 9.17) is 14.2 Å². The van der Waals surface area contributed by atoms with Gasteiger partial charge in [0, 0.05) is 13.1 Å². The van der Waals surface area contributed by atoms with Gasteiger partial charge in [-0.05, 0) is 49.2 Å². The number of morpholine rings is 1. The first-order valence-corrected chi connectivity index (χ1v) is 10.8. The van der Waals surface area contributed by atoms with Crippen LogP contribution in [0.4, 0.5) is 0 Å². The first-order chi connectivity index (χ1) is 14.8. The number of nitrogens with zero attached hydrogens (tertiary/aromatic N) is 2. The van der Waals surface area contributed by atoms with Gasteiger partial charge in [0.15, 0.2) is 11.5 Å². The summed E-state index contributed by atoms with van der Waals surface area (Å²) in [6.45, 7) is 4.53. The first-order valence-electron chi connectivity index (χ1n) is 10.8. The number of benzene rings is 2. The fourth-order valence-electron chi connectivity index (χ4n) is 4.76. The molecule has 3 aliphatic heterocycles. The predicted octanol–water partition coefficient (Wildman–Crippen LogP) is 3.02. The molecule has 158 valence electrons. The summed E-state index contributed by atoms with van der Waals surface area (Å²) in [6, 6.07) is 16.0. The van der Waals surface area contributed by atoms with Crippen molar-refractivity contribution >= 4 is 5.91 Å². The molecule has 0 radical (unpaired) electrons. The number of ether oxygens (including phenoxy) is 3. The van der Waals surface area contributed by atoms with Crippen LogP contribution < -0.4 is 9.47 Å². The third-order valence-electron chi connectivity index (χ3n) is 6.24. The third kappa shape index (κ3) is 4.02. The van der Waals surface area contributed by atoms with Gasteiger partial charge in [0.05, 0.1) is 25.2 Å². The first kappa shape index (κ1) is 19.4. The SMILES string of the molecule is O=C(Cc1ccc2c(c1)OCO2)N1CCO[C@@H](CN2CCCC2)[C@@H]1c1ccccc1. The van der Waals surface area contributed by atoms with Crippen LogP contribution in [0.1, 0.15) is 30.0 Å². The largest absolute Gasteiger partial charge is 0.454 e. The molecule has 6 heteroatoms. The molecule has 0 aliphatic carbocycles. The number of carbonyl (C=O) groups is 1. The maximum atomic E-state index is 13.4. The van der Waals surface area contributed by atoms with Gasteiger partial charge in [0.1, 0.15) is 0 Å². The Hall–Kier alpha value is -2.57. The maximum absolute atomic E-state index is 13.4. The lowest BCUT2D eigenvalue weighted by molar-refractivity contribution is -0.147. The predicted molar refractivity (Wildman–Crippen MR) is 113 cm³/mol. The van der Waals surface area contributed by atoms with Crippen LogP contribution in [0.5, 0.6) is 11.5 Å². The molecule has 2 aromatic rings. The summed E-state index contributed by atoms with van der Waals surface area (Å²) >= 11 is 0. The summed E-state index contributed by atoms with van der Waals surface area (Å²) in [4.78, 5) is 17.9. The van der Waals surface area contributed by atoms with Gasteiger partial charge >= 0.3 is 0 Å². The topological polar surface area (TPSA) is 51.2 Å². The van der Waals surface area contributed by atoms with E-state index < -0.39 is 0 Å². The Bertz CT molecular complexity index is 882. The fraction of sp³-hybridized carbons (Fsp3) is 0.458. The Kier molecular flexibility index (Phi) is 5.60. The van der Waals surface area contributed by atoms with Crippen molar-refractivity contribution in [2.45, 2.75) is 31.4 Å². The van der Waals surface area contributed by atoms with Crippen LogP contribution in [0.25, 0.3) is 0 Å². The van der Waals surface area contributed by atoms with E-state index in [0.29, 0.717) is 25.3 Å². The molecule has 2 atom stereocenters. The number of rotatable bonds is 5. The minimum absolute atomic E-state index is 0.0139. The molecule has 2 saturated heterocycles. The van der Waals surface area contributed by atoms with Crippen LogP contribution in [-0.4, -0.2) is 61.4 Å². The molecule has 0 bridgehead atoms. The molecule has 3 aliphatic rings. The summed E-state index contributed by atoms with van der Waals surface area (Å²) in [7, 11) is 0. The fourth-order valence-corrected chi connectivity index (χ4v) is 4.76. The Morgan fingerprint density at radius 3 is 2.60 bits per heavy atom. The van der Waals surface area contributed by atoms with Gasteiger partial charge in [-0.25, -0.2) is 0 Å². The van der Waals surface area contributed by atoms with Gasteiger partial charge in [-0.15, -0.1) is 0 Å². The van der Waals surface area contributed by atoms with Gasteiger partial charge in [0.2, 0.25) is 12.7 Å². The van der Waals surface area contributed by atoms with Crippen molar-refractivity contribution in [3.8, 4) is 11.5 Å². The van der Waals surface area contributed by atoms with Crippen LogP contribution in [0, 0.1) is 0 Å². The van der Waals surface area contributed by atoms with Crippen molar-refractivity contribution in [2.75, 3.05) is 39.6 Å². The molecule has 0 aromatic heterocycles. The molecule has 2 aromatic carbocycles. The van der Waals surface area contributed by atoms with Gasteiger partial charge in [-0.2, -0.15) is 0 Å². The van der Waals surface area contributed by atoms with Gasteiger partial charge in [-0.3, -0.25) is 4.79 Å². The number of hydrogen-bond acceptors (Lipinski definition) is 5. The van der Waals surface area contributed by atoms with E-state index in [1.54, 1.807) is 0 Å². The highest BCUT2D eigenvalue weighted by Crippen LogP contribution is 2.34. The molecule has 3 heterocycles. The zero-order valence-corrected chi connectivity index (χ0v) is 17.2. The zero-order chi connectivity index (χ0) is 20.3. The van der Waals surface area contributed by atoms with Crippen LogP contribution in [-0.2, 0) is 16.0 Å². The molecule has 0 saturated carbocycles. The van der Waals surface area contributed by atoms with E-state index in [1.165, 1.54) is 12.8 Å². The van der Waals surface area contributed by atoms with Crippen molar-refractivity contribution in [3.63, 3.8) is 0 Å². The number of carbonyl (C=O) groups excluding carboxylic acids is 1. The van der Waals surface area contributed by atoms with E-state index in [1.807, 2.05) is 41.3 Å². The van der Waals surface area contributed by atoms with Crippen molar-refractivity contribution in [2.24, 2.45) is 0 Å².